The molecule has 0 spiro atoms. The van der Waals surface area contributed by atoms with E-state index in [0.29, 0.717) is 36.3 Å². The molecule has 42 heavy (non-hydrogen) atoms. The fourth-order valence-corrected chi connectivity index (χ4v) is 4.21. The molecule has 3 aromatic rings. The normalized spacial score (nSPS) is 12.7. The predicted molar refractivity (Wildman–Crippen MR) is 151 cm³/mol. The summed E-state index contributed by atoms with van der Waals surface area (Å²) < 4.78 is 55.1. The first-order chi connectivity index (χ1) is 19.7. The first kappa shape index (κ1) is 32.3. The van der Waals surface area contributed by atoms with Crippen LogP contribution in [-0.4, -0.2) is 34.5 Å². The summed E-state index contributed by atoms with van der Waals surface area (Å²) in [5, 5.41) is 2.43. The van der Waals surface area contributed by atoms with Gasteiger partial charge in [-0.1, -0.05) is 48.5 Å². The molecular weight excluding hydrogens is 552 g/mol. The van der Waals surface area contributed by atoms with Gasteiger partial charge in [0.15, 0.2) is 0 Å². The van der Waals surface area contributed by atoms with Crippen LogP contribution in [0.25, 0.3) is 0 Å². The van der Waals surface area contributed by atoms with Gasteiger partial charge >= 0.3 is 12.1 Å². The molecule has 2 amide bonds. The zero-order valence-electron chi connectivity index (χ0n) is 23.8. The van der Waals surface area contributed by atoms with Gasteiger partial charge in [-0.3, -0.25) is 14.4 Å². The van der Waals surface area contributed by atoms with Gasteiger partial charge in [0, 0.05) is 36.2 Å². The van der Waals surface area contributed by atoms with Crippen LogP contribution < -0.4 is 5.32 Å². The van der Waals surface area contributed by atoms with E-state index >= 15 is 0 Å². The van der Waals surface area contributed by atoms with Gasteiger partial charge in [0.05, 0.1) is 13.0 Å². The number of anilines is 1. The lowest BCUT2D eigenvalue weighted by Crippen LogP contribution is -2.24. The van der Waals surface area contributed by atoms with Crippen molar-refractivity contribution in [2.24, 2.45) is 0 Å². The number of carbonyl (C=O) groups excluding carboxylic acids is 3. The second-order valence-electron chi connectivity index (χ2n) is 10.9. The van der Waals surface area contributed by atoms with Crippen LogP contribution in [-0.2, 0) is 33.8 Å². The summed E-state index contributed by atoms with van der Waals surface area (Å²) in [6, 6.07) is 21.1. The van der Waals surface area contributed by atoms with Gasteiger partial charge in [0.25, 0.3) is 5.91 Å². The Hall–Kier alpha value is -4.21. The highest BCUT2D eigenvalue weighted by Gasteiger charge is 2.29. The zero-order chi connectivity index (χ0) is 30.9. The minimum atomic E-state index is -4.35. The fourth-order valence-electron chi connectivity index (χ4n) is 4.21. The number of alkyl halides is 3. The lowest BCUT2D eigenvalue weighted by atomic mass is 10.1. The van der Waals surface area contributed by atoms with Crippen LogP contribution in [0.4, 0.5) is 23.2 Å². The van der Waals surface area contributed by atoms with Crippen molar-refractivity contribution in [3.63, 3.8) is 0 Å². The smallest absolute Gasteiger partial charge is 0.389 e. The first-order valence-electron chi connectivity index (χ1n) is 13.5. The Balaban J connectivity index is 0.000000238. The molecule has 0 fully saturated rings. The van der Waals surface area contributed by atoms with Crippen molar-refractivity contribution in [2.45, 2.75) is 71.3 Å². The number of hydrogen-bond donors (Lipinski definition) is 1. The fraction of sp³-hybridized carbons (Fsp3) is 0.344. The van der Waals surface area contributed by atoms with Crippen LogP contribution in [0, 0.1) is 5.82 Å². The number of amides is 2. The van der Waals surface area contributed by atoms with Gasteiger partial charge in [-0.05, 0) is 62.6 Å². The molecule has 0 aromatic heterocycles. The van der Waals surface area contributed by atoms with Crippen LogP contribution in [0.3, 0.4) is 0 Å². The molecule has 0 unspecified atom stereocenters. The molecule has 0 atom stereocenters. The highest BCUT2D eigenvalue weighted by Crippen LogP contribution is 2.26. The number of benzene rings is 3. The van der Waals surface area contributed by atoms with E-state index in [-0.39, 0.29) is 24.1 Å². The third kappa shape index (κ3) is 10.6. The van der Waals surface area contributed by atoms with Crippen molar-refractivity contribution < 1.29 is 36.7 Å². The molecule has 0 radical (unpaired) electrons. The monoisotopic (exact) mass is 586 g/mol. The van der Waals surface area contributed by atoms with Crippen LogP contribution >= 0.6 is 0 Å². The maximum absolute atomic E-state index is 13.6. The molecule has 1 N–H and O–H groups in total. The third-order valence-corrected chi connectivity index (χ3v) is 6.09. The Kier molecular flexibility index (Phi) is 10.9. The Bertz CT molecular complexity index is 1390. The number of hydrogen-bond acceptors (Lipinski definition) is 4. The maximum atomic E-state index is 13.6. The third-order valence-electron chi connectivity index (χ3n) is 6.09. The summed E-state index contributed by atoms with van der Waals surface area (Å²) in [5.41, 5.74) is 2.70. The van der Waals surface area contributed by atoms with Crippen LogP contribution in [0.5, 0.6) is 0 Å². The molecule has 0 saturated heterocycles. The average Bonchev–Trinajstić information content (AvgIpc) is 3.22. The molecule has 4 rings (SSSR count). The summed E-state index contributed by atoms with van der Waals surface area (Å²) in [5.74, 6) is -1.41. The van der Waals surface area contributed by atoms with E-state index in [2.05, 4.69) is 5.32 Å². The van der Waals surface area contributed by atoms with Crippen molar-refractivity contribution in [1.29, 1.82) is 0 Å². The number of carbonyl (C=O) groups is 3. The van der Waals surface area contributed by atoms with E-state index in [4.69, 9.17) is 4.74 Å². The van der Waals surface area contributed by atoms with Gasteiger partial charge < -0.3 is 15.0 Å². The summed E-state index contributed by atoms with van der Waals surface area (Å²) in [4.78, 5) is 37.0. The van der Waals surface area contributed by atoms with Crippen LogP contribution in [0.15, 0.2) is 72.8 Å². The number of aryl methyl sites for hydroxylation is 1. The van der Waals surface area contributed by atoms with Gasteiger partial charge in [-0.15, -0.1) is 0 Å². The van der Waals surface area contributed by atoms with E-state index < -0.39 is 30.5 Å². The second kappa shape index (κ2) is 14.1. The highest BCUT2D eigenvalue weighted by molar-refractivity contribution is 5.98. The number of esters is 1. The number of fused-ring (bicyclic) bond motifs is 1. The molecule has 224 valence electrons. The molecular formula is C32H34F4N2O4. The first-order valence-corrected chi connectivity index (χ1v) is 13.5. The minimum absolute atomic E-state index is 0.0895. The average molecular weight is 587 g/mol. The summed E-state index contributed by atoms with van der Waals surface area (Å²) >= 11 is 0. The summed E-state index contributed by atoms with van der Waals surface area (Å²) in [6.07, 6.45) is -5.53. The number of nitrogens with one attached hydrogen (secondary N) is 1. The molecule has 3 aromatic carbocycles. The standard InChI is InChI=1S/C17H22F3NO3.C15H12FNO/c1-16(2,3)24-15(23)8-7-12-5-4-6-13(11-12)21-14(22)9-10-17(18,19)20;16-14-8-4-7-12-13(14)10-17(15(12)18)9-11-5-2-1-3-6-11/h4-6,11H,7-10H2,1-3H3,(H,21,22);1-8H,9-10H2. The van der Waals surface area contributed by atoms with E-state index in [1.165, 1.54) is 6.07 Å². The van der Waals surface area contributed by atoms with Gasteiger partial charge in [0.1, 0.15) is 11.4 Å². The molecule has 0 aliphatic carbocycles. The number of nitrogens with zero attached hydrogens (tertiary/aromatic N) is 1. The molecule has 1 aliphatic heterocycles. The quantitative estimate of drug-likeness (QED) is 0.223. The molecule has 6 nitrogen and oxygen atoms in total. The topological polar surface area (TPSA) is 75.7 Å². The van der Waals surface area contributed by atoms with Crippen LogP contribution in [0.1, 0.15) is 67.1 Å². The molecule has 0 saturated carbocycles. The highest BCUT2D eigenvalue weighted by atomic mass is 19.4. The van der Waals surface area contributed by atoms with Crippen molar-refractivity contribution >= 4 is 23.5 Å². The second-order valence-corrected chi connectivity index (χ2v) is 10.9. The molecule has 10 heteroatoms. The zero-order valence-corrected chi connectivity index (χ0v) is 23.8. The summed E-state index contributed by atoms with van der Waals surface area (Å²) in [6.45, 7) is 6.22. The van der Waals surface area contributed by atoms with Crippen molar-refractivity contribution in [3.05, 3.63) is 101 Å². The van der Waals surface area contributed by atoms with Crippen molar-refractivity contribution in [1.82, 2.24) is 4.90 Å². The van der Waals surface area contributed by atoms with E-state index in [1.54, 1.807) is 62.1 Å². The number of ether oxygens (including phenoxy) is 1. The van der Waals surface area contributed by atoms with Gasteiger partial charge in [-0.25, -0.2) is 4.39 Å². The maximum Gasteiger partial charge on any atom is 0.389 e. The Morgan fingerprint density at radius 2 is 1.57 bits per heavy atom. The Morgan fingerprint density at radius 3 is 2.21 bits per heavy atom. The Morgan fingerprint density at radius 1 is 0.905 bits per heavy atom. The van der Waals surface area contributed by atoms with Crippen molar-refractivity contribution in [3.8, 4) is 0 Å². The van der Waals surface area contributed by atoms with Gasteiger partial charge in [-0.2, -0.15) is 13.2 Å². The van der Waals surface area contributed by atoms with E-state index in [9.17, 15) is 31.9 Å². The minimum Gasteiger partial charge on any atom is -0.460 e. The van der Waals surface area contributed by atoms with E-state index in [1.807, 2.05) is 30.3 Å². The number of halogens is 4. The molecule has 0 bridgehead atoms. The van der Waals surface area contributed by atoms with Crippen molar-refractivity contribution in [2.75, 3.05) is 5.32 Å². The summed E-state index contributed by atoms with van der Waals surface area (Å²) in [7, 11) is 0. The van der Waals surface area contributed by atoms with E-state index in [0.717, 1.165) is 11.1 Å². The Labute approximate surface area is 242 Å². The molecule has 1 heterocycles. The predicted octanol–water partition coefficient (Wildman–Crippen LogP) is 7.22. The lowest BCUT2D eigenvalue weighted by Gasteiger charge is -2.19. The largest absolute Gasteiger partial charge is 0.460 e. The van der Waals surface area contributed by atoms with Crippen LogP contribution in [0.2, 0.25) is 0 Å². The number of rotatable bonds is 8. The van der Waals surface area contributed by atoms with Gasteiger partial charge in [0.2, 0.25) is 5.91 Å². The molecule has 1 aliphatic rings. The SMILES string of the molecule is CC(C)(C)OC(=O)CCc1cccc(NC(=O)CCC(F)(F)F)c1.O=C1c2cccc(F)c2CN1Cc1ccccc1. The lowest BCUT2D eigenvalue weighted by molar-refractivity contribution is -0.154.